The minimum Gasteiger partial charge on any atom is -0.341 e. The van der Waals surface area contributed by atoms with Crippen molar-refractivity contribution < 1.29 is 4.79 Å². The summed E-state index contributed by atoms with van der Waals surface area (Å²) in [5, 5.41) is 8.98. The first-order valence-electron chi connectivity index (χ1n) is 10.3. The van der Waals surface area contributed by atoms with Crippen LogP contribution < -0.4 is 0 Å². The lowest BCUT2D eigenvalue weighted by Crippen LogP contribution is -2.44. The van der Waals surface area contributed by atoms with Crippen molar-refractivity contribution in [3.05, 3.63) is 11.6 Å². The van der Waals surface area contributed by atoms with Gasteiger partial charge in [-0.1, -0.05) is 0 Å². The van der Waals surface area contributed by atoms with E-state index in [0.29, 0.717) is 12.5 Å². The highest BCUT2D eigenvalue weighted by molar-refractivity contribution is 5.78. The monoisotopic (exact) mass is 360 g/mol. The third-order valence-electron chi connectivity index (χ3n) is 6.26. The zero-order chi connectivity index (χ0) is 17.9. The van der Waals surface area contributed by atoms with Gasteiger partial charge in [0, 0.05) is 26.1 Å². The SMILES string of the molecule is Cn1c(CN2CCCC2)nnc1[C@@H]1CCCN(C(=O)CN2CCCC2)C1. The predicted molar refractivity (Wildman–Crippen MR) is 99.7 cm³/mol. The van der Waals surface area contributed by atoms with E-state index >= 15 is 0 Å². The Morgan fingerprint density at radius 1 is 0.962 bits per heavy atom. The summed E-state index contributed by atoms with van der Waals surface area (Å²) >= 11 is 0. The van der Waals surface area contributed by atoms with Crippen LogP contribution in [0.5, 0.6) is 0 Å². The van der Waals surface area contributed by atoms with Gasteiger partial charge in [-0.3, -0.25) is 14.6 Å². The molecule has 4 rings (SSSR count). The minimum absolute atomic E-state index is 0.288. The van der Waals surface area contributed by atoms with Crippen LogP contribution in [0.25, 0.3) is 0 Å². The molecule has 7 nitrogen and oxygen atoms in total. The van der Waals surface area contributed by atoms with Gasteiger partial charge < -0.3 is 9.47 Å². The molecule has 3 fully saturated rings. The molecule has 3 aliphatic rings. The molecule has 0 saturated carbocycles. The van der Waals surface area contributed by atoms with Crippen molar-refractivity contribution in [2.24, 2.45) is 7.05 Å². The van der Waals surface area contributed by atoms with Gasteiger partial charge in [0.25, 0.3) is 0 Å². The maximum absolute atomic E-state index is 12.7. The number of carbonyl (C=O) groups excluding carboxylic acids is 1. The molecule has 0 aliphatic carbocycles. The van der Waals surface area contributed by atoms with Gasteiger partial charge in [0.2, 0.25) is 5.91 Å². The molecule has 4 heterocycles. The topological polar surface area (TPSA) is 57.5 Å². The molecule has 0 radical (unpaired) electrons. The maximum atomic E-state index is 12.7. The summed E-state index contributed by atoms with van der Waals surface area (Å²) in [7, 11) is 2.09. The van der Waals surface area contributed by atoms with E-state index in [4.69, 9.17) is 0 Å². The van der Waals surface area contributed by atoms with Crippen molar-refractivity contribution in [2.75, 3.05) is 45.8 Å². The Morgan fingerprint density at radius 2 is 1.65 bits per heavy atom. The van der Waals surface area contributed by atoms with Gasteiger partial charge in [0.05, 0.1) is 13.1 Å². The molecule has 144 valence electrons. The average molecular weight is 361 g/mol. The summed E-state index contributed by atoms with van der Waals surface area (Å²) < 4.78 is 2.18. The van der Waals surface area contributed by atoms with E-state index in [1.807, 2.05) is 0 Å². The number of carbonyl (C=O) groups is 1. The van der Waals surface area contributed by atoms with E-state index < -0.39 is 0 Å². The fourth-order valence-corrected chi connectivity index (χ4v) is 4.66. The molecule has 3 saturated heterocycles. The van der Waals surface area contributed by atoms with Gasteiger partial charge in [0.1, 0.15) is 11.6 Å². The van der Waals surface area contributed by atoms with Gasteiger partial charge >= 0.3 is 0 Å². The number of piperidine rings is 1. The highest BCUT2D eigenvalue weighted by atomic mass is 16.2. The van der Waals surface area contributed by atoms with Crippen molar-refractivity contribution in [2.45, 2.75) is 51.0 Å². The van der Waals surface area contributed by atoms with Crippen LogP contribution in [0.15, 0.2) is 0 Å². The summed E-state index contributed by atoms with van der Waals surface area (Å²) in [6.07, 6.45) is 7.21. The second-order valence-corrected chi connectivity index (χ2v) is 8.18. The van der Waals surface area contributed by atoms with Gasteiger partial charge in [-0.25, -0.2) is 0 Å². The molecule has 7 heteroatoms. The second kappa shape index (κ2) is 8.05. The van der Waals surface area contributed by atoms with Crippen molar-refractivity contribution in [3.8, 4) is 0 Å². The third-order valence-corrected chi connectivity index (χ3v) is 6.26. The zero-order valence-electron chi connectivity index (χ0n) is 16.1. The predicted octanol–water partition coefficient (Wildman–Crippen LogP) is 1.21. The molecule has 3 aliphatic heterocycles. The first-order valence-corrected chi connectivity index (χ1v) is 10.3. The first kappa shape index (κ1) is 17.9. The summed E-state index contributed by atoms with van der Waals surface area (Å²) in [5.41, 5.74) is 0. The Morgan fingerprint density at radius 3 is 2.38 bits per heavy atom. The summed E-state index contributed by atoms with van der Waals surface area (Å²) in [4.78, 5) is 19.5. The van der Waals surface area contributed by atoms with Crippen molar-refractivity contribution >= 4 is 5.91 Å². The maximum Gasteiger partial charge on any atom is 0.236 e. The lowest BCUT2D eigenvalue weighted by molar-refractivity contribution is -0.133. The Kier molecular flexibility index (Phi) is 5.55. The standard InChI is InChI=1S/C19H32N6O/c1-22-17(14-23-8-2-3-9-23)20-21-19(22)16-7-6-12-25(13-16)18(26)15-24-10-4-5-11-24/h16H,2-15H2,1H3/t16-/m1/s1. The highest BCUT2D eigenvalue weighted by Gasteiger charge is 2.29. The van der Waals surface area contributed by atoms with Gasteiger partial charge in [-0.05, 0) is 64.7 Å². The van der Waals surface area contributed by atoms with E-state index in [9.17, 15) is 4.79 Å². The number of hydrogen-bond donors (Lipinski definition) is 0. The lowest BCUT2D eigenvalue weighted by Gasteiger charge is -2.33. The van der Waals surface area contributed by atoms with E-state index in [1.165, 1.54) is 38.8 Å². The Balaban J connectivity index is 1.37. The van der Waals surface area contributed by atoms with Crippen LogP contribution in [0.2, 0.25) is 0 Å². The smallest absolute Gasteiger partial charge is 0.236 e. The van der Waals surface area contributed by atoms with Gasteiger partial charge in [-0.2, -0.15) is 0 Å². The van der Waals surface area contributed by atoms with Crippen molar-refractivity contribution in [1.82, 2.24) is 29.5 Å². The second-order valence-electron chi connectivity index (χ2n) is 8.18. The number of rotatable bonds is 5. The Hall–Kier alpha value is -1.47. The lowest BCUT2D eigenvalue weighted by atomic mass is 9.97. The van der Waals surface area contributed by atoms with Gasteiger partial charge in [0.15, 0.2) is 0 Å². The van der Waals surface area contributed by atoms with Crippen LogP contribution in [0.4, 0.5) is 0 Å². The van der Waals surface area contributed by atoms with Crippen LogP contribution >= 0.6 is 0 Å². The van der Waals surface area contributed by atoms with E-state index in [2.05, 4.69) is 36.5 Å². The molecule has 1 amide bonds. The van der Waals surface area contributed by atoms with Crippen LogP contribution in [-0.2, 0) is 18.4 Å². The highest BCUT2D eigenvalue weighted by Crippen LogP contribution is 2.26. The van der Waals surface area contributed by atoms with Crippen LogP contribution in [0.1, 0.15) is 56.1 Å². The molecular formula is C19H32N6O. The molecule has 0 N–H and O–H groups in total. The van der Waals surface area contributed by atoms with Crippen molar-refractivity contribution in [3.63, 3.8) is 0 Å². The average Bonchev–Trinajstić information content (AvgIpc) is 3.40. The number of likely N-dealkylation sites (tertiary alicyclic amines) is 3. The normalized spacial score (nSPS) is 25.3. The summed E-state index contributed by atoms with van der Waals surface area (Å²) in [5.74, 6) is 2.72. The van der Waals surface area contributed by atoms with Crippen molar-refractivity contribution in [1.29, 1.82) is 0 Å². The number of aromatic nitrogens is 3. The fourth-order valence-electron chi connectivity index (χ4n) is 4.66. The first-order chi connectivity index (χ1) is 12.7. The number of hydrogen-bond acceptors (Lipinski definition) is 5. The minimum atomic E-state index is 0.288. The van der Waals surface area contributed by atoms with Crippen LogP contribution in [0, 0.1) is 0 Å². The Bertz CT molecular complexity index is 618. The van der Waals surface area contributed by atoms with E-state index in [1.54, 1.807) is 0 Å². The Labute approximate surface area is 156 Å². The molecule has 1 atom stereocenters. The largest absolute Gasteiger partial charge is 0.341 e. The molecule has 26 heavy (non-hydrogen) atoms. The third kappa shape index (κ3) is 3.93. The molecule has 1 aromatic heterocycles. The molecule has 0 bridgehead atoms. The fraction of sp³-hybridized carbons (Fsp3) is 0.842. The summed E-state index contributed by atoms with van der Waals surface area (Å²) in [6, 6.07) is 0. The molecular weight excluding hydrogens is 328 g/mol. The molecule has 0 spiro atoms. The molecule has 0 unspecified atom stereocenters. The summed E-state index contributed by atoms with van der Waals surface area (Å²) in [6.45, 7) is 7.66. The quantitative estimate of drug-likeness (QED) is 0.790. The molecule has 1 aromatic rings. The van der Waals surface area contributed by atoms with E-state index in [-0.39, 0.29) is 5.91 Å². The van der Waals surface area contributed by atoms with Crippen LogP contribution in [-0.4, -0.2) is 81.2 Å². The zero-order valence-corrected chi connectivity index (χ0v) is 16.1. The number of nitrogens with zero attached hydrogens (tertiary/aromatic N) is 6. The van der Waals surface area contributed by atoms with E-state index in [0.717, 1.165) is 57.2 Å². The molecule has 0 aromatic carbocycles. The van der Waals surface area contributed by atoms with Gasteiger partial charge in [-0.15, -0.1) is 10.2 Å². The van der Waals surface area contributed by atoms with Crippen LogP contribution in [0.3, 0.4) is 0 Å². The number of amides is 1.